The van der Waals surface area contributed by atoms with E-state index in [0.29, 0.717) is 40.7 Å². The Balaban J connectivity index is 1.29. The van der Waals surface area contributed by atoms with Crippen molar-refractivity contribution in [2.75, 3.05) is 46.6 Å². The third-order valence-corrected chi connectivity index (χ3v) is 7.89. The number of methoxy groups -OCH3 is 1. The van der Waals surface area contributed by atoms with Crippen LogP contribution in [0.15, 0.2) is 61.1 Å². The van der Waals surface area contributed by atoms with Crippen LogP contribution in [-0.4, -0.2) is 76.1 Å². The fraction of sp³-hybridized carbons (Fsp3) is 0.312. The van der Waals surface area contributed by atoms with Gasteiger partial charge in [0.2, 0.25) is 11.8 Å². The second kappa shape index (κ2) is 11.2. The molecule has 0 spiro atoms. The lowest BCUT2D eigenvalue weighted by molar-refractivity contribution is -0.125. The maximum atomic E-state index is 12.6. The molecule has 214 valence electrons. The number of hydrogen-bond acceptors (Lipinski definition) is 8. The quantitative estimate of drug-likeness (QED) is 0.268. The summed E-state index contributed by atoms with van der Waals surface area (Å²) in [4.78, 5) is 29.6. The van der Waals surface area contributed by atoms with Gasteiger partial charge in [-0.2, -0.15) is 0 Å². The SMILES string of the molecule is COc1cc(-c2c(C#C[C@@H]3[C@H]4CN(C(=O)/C=C/CN(C)C)C[C@@H]34)n(C)c3ncnc(N)c23)ccc1Oc1ccccn1. The largest absolute Gasteiger partial charge is 0.493 e. The fourth-order valence-electron chi connectivity index (χ4n) is 5.67. The molecule has 4 heterocycles. The van der Waals surface area contributed by atoms with Crippen LogP contribution in [0.5, 0.6) is 17.4 Å². The first-order valence-electron chi connectivity index (χ1n) is 13.8. The van der Waals surface area contributed by atoms with Crippen molar-refractivity contribution in [3.8, 4) is 40.3 Å². The Morgan fingerprint density at radius 1 is 1.14 bits per heavy atom. The zero-order chi connectivity index (χ0) is 29.4. The third kappa shape index (κ3) is 5.15. The summed E-state index contributed by atoms with van der Waals surface area (Å²) < 4.78 is 13.6. The zero-order valence-electron chi connectivity index (χ0n) is 24.1. The van der Waals surface area contributed by atoms with Gasteiger partial charge in [-0.25, -0.2) is 15.0 Å². The Morgan fingerprint density at radius 3 is 2.67 bits per heavy atom. The first kappa shape index (κ1) is 27.3. The number of aromatic nitrogens is 4. The number of likely N-dealkylation sites (N-methyl/N-ethyl adjacent to an activating group) is 1. The topological polar surface area (TPSA) is 112 Å². The van der Waals surface area contributed by atoms with E-state index < -0.39 is 0 Å². The molecule has 10 nitrogen and oxygen atoms in total. The molecule has 6 rings (SSSR count). The van der Waals surface area contributed by atoms with E-state index in [9.17, 15) is 4.79 Å². The Kier molecular flexibility index (Phi) is 7.27. The number of nitrogen functional groups attached to an aromatic ring is 1. The molecule has 1 aliphatic carbocycles. The molecule has 2 N–H and O–H groups in total. The Bertz CT molecular complexity index is 1720. The van der Waals surface area contributed by atoms with Crippen molar-refractivity contribution >= 4 is 22.8 Å². The standard InChI is InChI=1S/C32H33N7O3/c1-37(2)15-7-9-28(40)39-17-22-21(23(22)18-39)11-12-24-29(30-31(33)35-19-36-32(30)38(24)3)20-10-13-25(26(16-20)41-4)42-27-8-5-6-14-34-27/h5-10,13-14,16,19,21-23H,15,17-18H2,1-4H3,(H2,33,35,36)/b9-7+/t21-,22-,23+. The van der Waals surface area contributed by atoms with Crippen LogP contribution < -0.4 is 15.2 Å². The predicted molar refractivity (Wildman–Crippen MR) is 161 cm³/mol. The van der Waals surface area contributed by atoms with Gasteiger partial charge in [0, 0.05) is 56.5 Å². The number of piperidine rings is 1. The molecule has 1 aliphatic heterocycles. The van der Waals surface area contributed by atoms with Crippen LogP contribution in [0.2, 0.25) is 0 Å². The zero-order valence-corrected chi connectivity index (χ0v) is 24.1. The highest BCUT2D eigenvalue weighted by Gasteiger charge is 2.55. The van der Waals surface area contributed by atoms with E-state index in [1.807, 2.05) is 71.9 Å². The average Bonchev–Trinajstić information content (AvgIpc) is 3.29. The first-order chi connectivity index (χ1) is 20.4. The van der Waals surface area contributed by atoms with E-state index in [4.69, 9.17) is 15.2 Å². The number of carbonyl (C=O) groups excluding carboxylic acids is 1. The summed E-state index contributed by atoms with van der Waals surface area (Å²) >= 11 is 0. The van der Waals surface area contributed by atoms with Gasteiger partial charge < -0.3 is 29.6 Å². The smallest absolute Gasteiger partial charge is 0.246 e. The average molecular weight is 564 g/mol. The number of ether oxygens (including phenoxy) is 2. The lowest BCUT2D eigenvalue weighted by Gasteiger charge is -2.16. The lowest BCUT2D eigenvalue weighted by atomic mass is 10.0. The molecule has 4 aromatic rings. The van der Waals surface area contributed by atoms with Gasteiger partial charge in [0.15, 0.2) is 11.5 Å². The summed E-state index contributed by atoms with van der Waals surface area (Å²) in [6.07, 6.45) is 6.73. The van der Waals surface area contributed by atoms with Gasteiger partial charge in [-0.3, -0.25) is 4.79 Å². The third-order valence-electron chi connectivity index (χ3n) is 7.89. The number of aryl methyl sites for hydroxylation is 1. The second-order valence-corrected chi connectivity index (χ2v) is 10.9. The van der Waals surface area contributed by atoms with E-state index in [-0.39, 0.29) is 11.8 Å². The van der Waals surface area contributed by atoms with Gasteiger partial charge in [0.05, 0.1) is 12.5 Å². The summed E-state index contributed by atoms with van der Waals surface area (Å²) in [5, 5.41) is 0.738. The van der Waals surface area contributed by atoms with E-state index in [0.717, 1.165) is 41.8 Å². The molecule has 3 atom stereocenters. The van der Waals surface area contributed by atoms with Crippen LogP contribution in [0.1, 0.15) is 5.69 Å². The van der Waals surface area contributed by atoms with Crippen molar-refractivity contribution in [3.63, 3.8) is 0 Å². The summed E-state index contributed by atoms with van der Waals surface area (Å²) in [6.45, 7) is 2.23. The van der Waals surface area contributed by atoms with Gasteiger partial charge in [0.25, 0.3) is 0 Å². The number of benzene rings is 1. The van der Waals surface area contributed by atoms with Gasteiger partial charge in [-0.05, 0) is 55.6 Å². The molecular formula is C32H33N7O3. The van der Waals surface area contributed by atoms with E-state index in [1.165, 1.54) is 6.33 Å². The maximum Gasteiger partial charge on any atom is 0.246 e. The number of carbonyl (C=O) groups is 1. The van der Waals surface area contributed by atoms with Gasteiger partial charge >= 0.3 is 0 Å². The predicted octanol–water partition coefficient (Wildman–Crippen LogP) is 3.59. The number of rotatable bonds is 7. The van der Waals surface area contributed by atoms with Crippen molar-refractivity contribution in [2.45, 2.75) is 0 Å². The van der Waals surface area contributed by atoms with Crippen LogP contribution in [-0.2, 0) is 11.8 Å². The van der Waals surface area contributed by atoms with Crippen LogP contribution >= 0.6 is 0 Å². The van der Waals surface area contributed by atoms with E-state index in [2.05, 4.69) is 26.8 Å². The monoisotopic (exact) mass is 563 g/mol. The van der Waals surface area contributed by atoms with Crippen molar-refractivity contribution in [1.29, 1.82) is 0 Å². The minimum atomic E-state index is 0.0743. The summed E-state index contributed by atoms with van der Waals surface area (Å²) in [5.74, 6) is 10.0. The molecule has 1 amide bonds. The number of likely N-dealkylation sites (tertiary alicyclic amines) is 1. The van der Waals surface area contributed by atoms with Crippen molar-refractivity contribution < 1.29 is 14.3 Å². The molecule has 1 saturated heterocycles. The summed E-state index contributed by atoms with van der Waals surface area (Å²) in [5.41, 5.74) is 9.59. The molecule has 0 bridgehead atoms. The molecular weight excluding hydrogens is 530 g/mol. The molecule has 42 heavy (non-hydrogen) atoms. The number of hydrogen-bond donors (Lipinski definition) is 1. The molecule has 1 aromatic carbocycles. The maximum absolute atomic E-state index is 12.6. The number of amides is 1. The Morgan fingerprint density at radius 2 is 1.95 bits per heavy atom. The Labute approximate surface area is 244 Å². The van der Waals surface area contributed by atoms with Crippen molar-refractivity contribution in [3.05, 3.63) is 66.8 Å². The highest BCUT2D eigenvalue weighted by molar-refractivity contribution is 6.03. The van der Waals surface area contributed by atoms with Gasteiger partial charge in [0.1, 0.15) is 23.5 Å². The molecule has 10 heteroatoms. The van der Waals surface area contributed by atoms with E-state index >= 15 is 0 Å². The first-order valence-corrected chi connectivity index (χ1v) is 13.8. The van der Waals surface area contributed by atoms with Crippen LogP contribution in [0.3, 0.4) is 0 Å². The van der Waals surface area contributed by atoms with Crippen LogP contribution in [0, 0.1) is 29.6 Å². The highest BCUT2D eigenvalue weighted by atomic mass is 16.5. The normalized spacial score (nSPS) is 19.2. The summed E-state index contributed by atoms with van der Waals surface area (Å²) in [6, 6.07) is 11.2. The van der Waals surface area contributed by atoms with Crippen molar-refractivity contribution in [2.24, 2.45) is 24.8 Å². The molecule has 0 radical (unpaired) electrons. The molecule has 3 aromatic heterocycles. The van der Waals surface area contributed by atoms with Crippen molar-refractivity contribution in [1.82, 2.24) is 29.3 Å². The fourth-order valence-corrected chi connectivity index (χ4v) is 5.67. The van der Waals surface area contributed by atoms with Gasteiger partial charge in [-0.15, -0.1) is 0 Å². The number of pyridine rings is 1. The second-order valence-electron chi connectivity index (χ2n) is 10.9. The summed E-state index contributed by atoms with van der Waals surface area (Å²) in [7, 11) is 7.50. The number of anilines is 1. The minimum Gasteiger partial charge on any atom is -0.493 e. The molecule has 2 aliphatic rings. The Hall–Kier alpha value is -4.88. The number of fused-ring (bicyclic) bond motifs is 2. The highest BCUT2D eigenvalue weighted by Crippen LogP contribution is 2.51. The number of nitrogens with two attached hydrogens (primary N) is 1. The minimum absolute atomic E-state index is 0.0743. The van der Waals surface area contributed by atoms with Gasteiger partial charge in [-0.1, -0.05) is 24.1 Å². The number of nitrogens with zero attached hydrogens (tertiary/aromatic N) is 6. The molecule has 1 saturated carbocycles. The van der Waals surface area contributed by atoms with Crippen LogP contribution in [0.4, 0.5) is 5.82 Å². The van der Waals surface area contributed by atoms with E-state index in [1.54, 1.807) is 25.4 Å². The molecule has 2 fully saturated rings. The molecule has 0 unspecified atom stereocenters. The van der Waals surface area contributed by atoms with Crippen LogP contribution in [0.25, 0.3) is 22.2 Å². The lowest BCUT2D eigenvalue weighted by Crippen LogP contribution is -2.30.